The number of nitrogens with zero attached hydrogens (tertiary/aromatic N) is 2. The molecule has 0 fully saturated rings. The van der Waals surface area contributed by atoms with E-state index in [-0.39, 0.29) is 0 Å². The third-order valence-corrected chi connectivity index (χ3v) is 4.41. The van der Waals surface area contributed by atoms with Crippen LogP contribution in [0, 0.1) is 0 Å². The molecule has 0 radical (unpaired) electrons. The van der Waals surface area contributed by atoms with Crippen molar-refractivity contribution in [1.29, 1.82) is 0 Å². The van der Waals surface area contributed by atoms with Crippen LogP contribution < -0.4 is 10.6 Å². The van der Waals surface area contributed by atoms with E-state index in [0.29, 0.717) is 12.5 Å². The molecule has 0 atom stereocenters. The molecular weight excluding hydrogens is 312 g/mol. The average Bonchev–Trinajstić information content (AvgIpc) is 3.12. The van der Waals surface area contributed by atoms with Crippen molar-refractivity contribution in [3.8, 4) is 0 Å². The normalized spacial score (nSPS) is 11.8. The SMILES string of the molecule is CCC(CC)c1cc(CNC(=NC)NCCCc2ccccc2)on1. The summed E-state index contributed by atoms with van der Waals surface area (Å²) < 4.78 is 5.43. The zero-order valence-electron chi connectivity index (χ0n) is 15.6. The summed E-state index contributed by atoms with van der Waals surface area (Å²) in [6, 6.07) is 12.6. The maximum absolute atomic E-state index is 5.43. The molecule has 0 unspecified atom stereocenters. The Labute approximate surface area is 150 Å². The Morgan fingerprint density at radius 3 is 2.60 bits per heavy atom. The maximum atomic E-state index is 5.43. The van der Waals surface area contributed by atoms with Crippen LogP contribution >= 0.6 is 0 Å². The first-order valence-corrected chi connectivity index (χ1v) is 9.20. The highest BCUT2D eigenvalue weighted by Crippen LogP contribution is 2.22. The summed E-state index contributed by atoms with van der Waals surface area (Å²) in [5, 5.41) is 10.8. The topological polar surface area (TPSA) is 62.5 Å². The van der Waals surface area contributed by atoms with E-state index < -0.39 is 0 Å². The van der Waals surface area contributed by atoms with Crippen molar-refractivity contribution in [2.75, 3.05) is 13.6 Å². The van der Waals surface area contributed by atoms with Gasteiger partial charge in [-0.3, -0.25) is 4.99 Å². The molecule has 0 saturated heterocycles. The summed E-state index contributed by atoms with van der Waals surface area (Å²) in [5.74, 6) is 2.11. The van der Waals surface area contributed by atoms with Crippen molar-refractivity contribution in [2.45, 2.75) is 52.0 Å². The predicted molar refractivity (Wildman–Crippen MR) is 103 cm³/mol. The Morgan fingerprint density at radius 1 is 1.16 bits per heavy atom. The summed E-state index contributed by atoms with van der Waals surface area (Å²) in [7, 11) is 1.78. The van der Waals surface area contributed by atoms with E-state index in [9.17, 15) is 0 Å². The quantitative estimate of drug-likeness (QED) is 0.412. The second-order valence-electron chi connectivity index (χ2n) is 6.17. The largest absolute Gasteiger partial charge is 0.359 e. The van der Waals surface area contributed by atoms with Gasteiger partial charge in [-0.05, 0) is 31.2 Å². The van der Waals surface area contributed by atoms with Gasteiger partial charge < -0.3 is 15.2 Å². The molecule has 0 aliphatic carbocycles. The summed E-state index contributed by atoms with van der Waals surface area (Å²) >= 11 is 0. The van der Waals surface area contributed by atoms with Gasteiger partial charge in [-0.25, -0.2) is 0 Å². The van der Waals surface area contributed by atoms with E-state index in [1.165, 1.54) is 5.56 Å². The van der Waals surface area contributed by atoms with Crippen LogP contribution in [0.25, 0.3) is 0 Å². The van der Waals surface area contributed by atoms with Crippen molar-refractivity contribution < 1.29 is 4.52 Å². The minimum Gasteiger partial charge on any atom is -0.359 e. The van der Waals surface area contributed by atoms with Crippen LogP contribution in [0.1, 0.15) is 56.0 Å². The van der Waals surface area contributed by atoms with E-state index in [0.717, 1.165) is 49.6 Å². The number of hydrogen-bond donors (Lipinski definition) is 2. The van der Waals surface area contributed by atoms with Crippen molar-refractivity contribution >= 4 is 5.96 Å². The van der Waals surface area contributed by atoms with E-state index in [1.807, 2.05) is 12.1 Å². The molecule has 0 spiro atoms. The monoisotopic (exact) mass is 342 g/mol. The molecule has 1 aromatic heterocycles. The Kier molecular flexibility index (Phi) is 8.02. The average molecular weight is 342 g/mol. The van der Waals surface area contributed by atoms with Crippen LogP contribution in [0.3, 0.4) is 0 Å². The van der Waals surface area contributed by atoms with Crippen molar-refractivity contribution in [2.24, 2.45) is 4.99 Å². The number of guanidine groups is 1. The Morgan fingerprint density at radius 2 is 1.92 bits per heavy atom. The zero-order valence-corrected chi connectivity index (χ0v) is 15.6. The molecule has 0 saturated carbocycles. The second-order valence-corrected chi connectivity index (χ2v) is 6.17. The van der Waals surface area contributed by atoms with Crippen LogP contribution in [0.15, 0.2) is 45.9 Å². The third-order valence-electron chi connectivity index (χ3n) is 4.41. The minimum atomic E-state index is 0.480. The van der Waals surface area contributed by atoms with Gasteiger partial charge in [0.2, 0.25) is 0 Å². The molecule has 5 nitrogen and oxygen atoms in total. The van der Waals surface area contributed by atoms with E-state index in [1.54, 1.807) is 7.05 Å². The summed E-state index contributed by atoms with van der Waals surface area (Å²) in [6.45, 7) is 5.83. The fourth-order valence-corrected chi connectivity index (χ4v) is 2.85. The lowest BCUT2D eigenvalue weighted by atomic mass is 9.99. The molecule has 0 amide bonds. The standard InChI is InChI=1S/C20H30N4O/c1-4-17(5-2)19-14-18(25-24-19)15-23-20(21-3)22-13-9-12-16-10-7-6-8-11-16/h6-8,10-11,14,17H,4-5,9,12-13,15H2,1-3H3,(H2,21,22,23). The van der Waals surface area contributed by atoms with Crippen LogP contribution in [-0.4, -0.2) is 24.7 Å². The molecule has 2 aromatic rings. The number of nitrogens with one attached hydrogen (secondary N) is 2. The number of aryl methyl sites for hydroxylation is 1. The molecule has 0 aliphatic heterocycles. The van der Waals surface area contributed by atoms with Crippen LogP contribution in [-0.2, 0) is 13.0 Å². The van der Waals surface area contributed by atoms with Crippen molar-refractivity contribution in [3.63, 3.8) is 0 Å². The fourth-order valence-electron chi connectivity index (χ4n) is 2.85. The molecular formula is C20H30N4O. The molecule has 1 heterocycles. The molecule has 2 N–H and O–H groups in total. The highest BCUT2D eigenvalue weighted by molar-refractivity contribution is 5.79. The first kappa shape index (κ1) is 19.0. The summed E-state index contributed by atoms with van der Waals surface area (Å²) in [5.41, 5.74) is 2.41. The number of benzene rings is 1. The first-order chi connectivity index (χ1) is 12.3. The molecule has 0 bridgehead atoms. The molecule has 5 heteroatoms. The summed E-state index contributed by atoms with van der Waals surface area (Å²) in [6.07, 6.45) is 4.29. The van der Waals surface area contributed by atoms with Gasteiger partial charge in [-0.1, -0.05) is 49.3 Å². The van der Waals surface area contributed by atoms with Gasteiger partial charge in [0.25, 0.3) is 0 Å². The highest BCUT2D eigenvalue weighted by atomic mass is 16.5. The summed E-state index contributed by atoms with van der Waals surface area (Å²) in [4.78, 5) is 4.25. The van der Waals surface area contributed by atoms with Crippen molar-refractivity contribution in [3.05, 3.63) is 53.4 Å². The predicted octanol–water partition coefficient (Wildman–Crippen LogP) is 3.88. The van der Waals surface area contributed by atoms with E-state index >= 15 is 0 Å². The second kappa shape index (κ2) is 10.5. The maximum Gasteiger partial charge on any atom is 0.191 e. The minimum absolute atomic E-state index is 0.480. The number of hydrogen-bond acceptors (Lipinski definition) is 3. The number of aliphatic imine (C=N–C) groups is 1. The molecule has 25 heavy (non-hydrogen) atoms. The van der Waals surface area contributed by atoms with E-state index in [2.05, 4.69) is 58.9 Å². The fraction of sp³-hybridized carbons (Fsp3) is 0.500. The smallest absolute Gasteiger partial charge is 0.191 e. The van der Waals surface area contributed by atoms with Gasteiger partial charge in [-0.15, -0.1) is 0 Å². The van der Waals surface area contributed by atoms with Crippen LogP contribution in [0.4, 0.5) is 0 Å². The lowest BCUT2D eigenvalue weighted by Crippen LogP contribution is -2.37. The van der Waals surface area contributed by atoms with Crippen LogP contribution in [0.5, 0.6) is 0 Å². The molecule has 2 rings (SSSR count). The van der Waals surface area contributed by atoms with E-state index in [4.69, 9.17) is 4.52 Å². The Bertz CT molecular complexity index is 632. The molecule has 0 aliphatic rings. The number of rotatable bonds is 9. The van der Waals surface area contributed by atoms with Gasteiger partial charge in [-0.2, -0.15) is 0 Å². The molecule has 1 aromatic carbocycles. The Balaban J connectivity index is 1.71. The highest BCUT2D eigenvalue weighted by Gasteiger charge is 2.13. The van der Waals surface area contributed by atoms with Gasteiger partial charge in [0.1, 0.15) is 0 Å². The van der Waals surface area contributed by atoms with Gasteiger partial charge >= 0.3 is 0 Å². The Hall–Kier alpha value is -2.30. The third kappa shape index (κ3) is 6.25. The van der Waals surface area contributed by atoms with Crippen LogP contribution in [0.2, 0.25) is 0 Å². The van der Waals surface area contributed by atoms with Gasteiger partial charge in [0.15, 0.2) is 11.7 Å². The lowest BCUT2D eigenvalue weighted by molar-refractivity contribution is 0.368. The van der Waals surface area contributed by atoms with Crippen molar-refractivity contribution in [1.82, 2.24) is 15.8 Å². The number of aromatic nitrogens is 1. The molecule has 136 valence electrons. The van der Waals surface area contributed by atoms with Gasteiger partial charge in [0.05, 0.1) is 12.2 Å². The zero-order chi connectivity index (χ0) is 17.9. The van der Waals surface area contributed by atoms with Gasteiger partial charge in [0, 0.05) is 25.6 Å². The lowest BCUT2D eigenvalue weighted by Gasteiger charge is -2.10. The first-order valence-electron chi connectivity index (χ1n) is 9.20.